The van der Waals surface area contributed by atoms with E-state index in [9.17, 15) is 9.59 Å². The first-order valence-electron chi connectivity index (χ1n) is 9.43. The number of hydrogen-bond donors (Lipinski definition) is 2. The first kappa shape index (κ1) is 19.7. The first-order chi connectivity index (χ1) is 14.6. The summed E-state index contributed by atoms with van der Waals surface area (Å²) in [5, 5.41) is 3.37. The molecule has 4 rings (SSSR count). The number of carbonyl (C=O) groups is 2. The van der Waals surface area contributed by atoms with Gasteiger partial charge in [0.15, 0.2) is 0 Å². The highest BCUT2D eigenvalue weighted by Crippen LogP contribution is 2.12. The van der Waals surface area contributed by atoms with E-state index in [-0.39, 0.29) is 11.8 Å². The lowest BCUT2D eigenvalue weighted by atomic mass is 10.0. The lowest BCUT2D eigenvalue weighted by Gasteiger charge is -2.19. The van der Waals surface area contributed by atoms with Crippen molar-refractivity contribution in [2.45, 2.75) is 12.5 Å². The van der Waals surface area contributed by atoms with Crippen molar-refractivity contribution in [1.82, 2.24) is 15.0 Å². The van der Waals surface area contributed by atoms with E-state index in [1.54, 1.807) is 35.3 Å². The summed E-state index contributed by atoms with van der Waals surface area (Å²) in [7, 11) is 0. The van der Waals surface area contributed by atoms with Crippen molar-refractivity contribution in [3.05, 3.63) is 101 Å². The SMILES string of the molecule is O=C(NC(Cc1ccccc1)C(=O)Nn1cnc2ccccc21)c1ccc(Cl)cc1. The zero-order valence-corrected chi connectivity index (χ0v) is 16.7. The first-order valence-corrected chi connectivity index (χ1v) is 9.81. The second kappa shape index (κ2) is 8.80. The van der Waals surface area contributed by atoms with Gasteiger partial charge in [-0.25, -0.2) is 9.66 Å². The molecule has 0 aliphatic carbocycles. The fourth-order valence-corrected chi connectivity index (χ4v) is 3.27. The van der Waals surface area contributed by atoms with Crippen molar-refractivity contribution >= 4 is 34.4 Å². The van der Waals surface area contributed by atoms with Crippen molar-refractivity contribution < 1.29 is 9.59 Å². The van der Waals surface area contributed by atoms with Crippen LogP contribution in [0.5, 0.6) is 0 Å². The Hall–Kier alpha value is -3.64. The lowest BCUT2D eigenvalue weighted by Crippen LogP contribution is -2.47. The summed E-state index contributed by atoms with van der Waals surface area (Å²) in [5.41, 5.74) is 5.73. The third-order valence-electron chi connectivity index (χ3n) is 4.70. The number of nitrogens with one attached hydrogen (secondary N) is 2. The second-order valence-electron chi connectivity index (χ2n) is 6.80. The van der Waals surface area contributed by atoms with Crippen LogP contribution in [-0.2, 0) is 11.2 Å². The molecule has 0 bridgehead atoms. The van der Waals surface area contributed by atoms with Gasteiger partial charge in [-0.05, 0) is 42.0 Å². The molecule has 0 fully saturated rings. The fraction of sp³-hybridized carbons (Fsp3) is 0.0870. The van der Waals surface area contributed by atoms with E-state index in [1.165, 1.54) is 0 Å². The number of halogens is 1. The van der Waals surface area contributed by atoms with Crippen LogP contribution in [0, 0.1) is 0 Å². The number of rotatable bonds is 6. The number of nitrogens with zero attached hydrogens (tertiary/aromatic N) is 2. The third-order valence-corrected chi connectivity index (χ3v) is 4.95. The Kier molecular flexibility index (Phi) is 5.77. The molecule has 3 aromatic carbocycles. The Bertz CT molecular complexity index is 1170. The highest BCUT2D eigenvalue weighted by atomic mass is 35.5. The van der Waals surface area contributed by atoms with E-state index in [4.69, 9.17) is 11.6 Å². The Morgan fingerprint density at radius 3 is 2.40 bits per heavy atom. The highest BCUT2D eigenvalue weighted by molar-refractivity contribution is 6.30. The molecule has 0 spiro atoms. The summed E-state index contributed by atoms with van der Waals surface area (Å²) < 4.78 is 1.56. The second-order valence-corrected chi connectivity index (χ2v) is 7.24. The van der Waals surface area contributed by atoms with Crippen molar-refractivity contribution in [3.63, 3.8) is 0 Å². The van der Waals surface area contributed by atoms with Crippen LogP contribution < -0.4 is 10.7 Å². The van der Waals surface area contributed by atoms with Gasteiger partial charge in [-0.3, -0.25) is 15.0 Å². The number of fused-ring (bicyclic) bond motifs is 1. The average molecular weight is 419 g/mol. The van der Waals surface area contributed by atoms with Gasteiger partial charge in [0, 0.05) is 17.0 Å². The van der Waals surface area contributed by atoms with E-state index in [0.717, 1.165) is 16.6 Å². The van der Waals surface area contributed by atoms with E-state index in [2.05, 4.69) is 15.7 Å². The molecule has 0 radical (unpaired) electrons. The molecule has 2 N–H and O–H groups in total. The average Bonchev–Trinajstić information content (AvgIpc) is 3.17. The van der Waals surface area contributed by atoms with Crippen molar-refractivity contribution in [2.24, 2.45) is 0 Å². The Morgan fingerprint density at radius 2 is 1.63 bits per heavy atom. The topological polar surface area (TPSA) is 76.0 Å². The van der Waals surface area contributed by atoms with Gasteiger partial charge in [-0.1, -0.05) is 54.1 Å². The largest absolute Gasteiger partial charge is 0.340 e. The minimum Gasteiger partial charge on any atom is -0.340 e. The number of amides is 2. The molecule has 4 aromatic rings. The quantitative estimate of drug-likeness (QED) is 0.500. The zero-order chi connectivity index (χ0) is 20.9. The van der Waals surface area contributed by atoms with Gasteiger partial charge < -0.3 is 5.32 Å². The molecule has 30 heavy (non-hydrogen) atoms. The molecule has 0 saturated heterocycles. The third kappa shape index (κ3) is 4.50. The summed E-state index contributed by atoms with van der Waals surface area (Å²) in [5.74, 6) is -0.692. The van der Waals surface area contributed by atoms with Crippen LogP contribution in [-0.4, -0.2) is 27.5 Å². The van der Waals surface area contributed by atoms with Gasteiger partial charge in [0.1, 0.15) is 12.4 Å². The Morgan fingerprint density at radius 1 is 0.933 bits per heavy atom. The fourth-order valence-electron chi connectivity index (χ4n) is 3.15. The Balaban J connectivity index is 1.56. The lowest BCUT2D eigenvalue weighted by molar-refractivity contribution is -0.118. The molecule has 1 unspecified atom stereocenters. The maximum absolute atomic E-state index is 13.1. The van der Waals surface area contributed by atoms with Gasteiger partial charge in [0.05, 0.1) is 11.0 Å². The summed E-state index contributed by atoms with van der Waals surface area (Å²) >= 11 is 5.90. The molecule has 1 atom stereocenters. The van der Waals surface area contributed by atoms with Gasteiger partial charge in [0.25, 0.3) is 11.8 Å². The summed E-state index contributed by atoms with van der Waals surface area (Å²) in [6.45, 7) is 0. The van der Waals surface area contributed by atoms with Crippen LogP contribution in [0.3, 0.4) is 0 Å². The number of aromatic nitrogens is 2. The minimum absolute atomic E-state index is 0.343. The van der Waals surface area contributed by atoms with Gasteiger partial charge in [0.2, 0.25) is 0 Å². The maximum Gasteiger partial charge on any atom is 0.261 e. The predicted molar refractivity (Wildman–Crippen MR) is 117 cm³/mol. The summed E-state index contributed by atoms with van der Waals surface area (Å²) in [4.78, 5) is 30.1. The number of carbonyl (C=O) groups excluding carboxylic acids is 2. The predicted octanol–water partition coefficient (Wildman–Crippen LogP) is 3.80. The van der Waals surface area contributed by atoms with E-state index in [0.29, 0.717) is 17.0 Å². The van der Waals surface area contributed by atoms with Crippen molar-refractivity contribution in [1.29, 1.82) is 0 Å². The number of benzene rings is 3. The van der Waals surface area contributed by atoms with Crippen LogP contribution >= 0.6 is 11.6 Å². The minimum atomic E-state index is -0.781. The van der Waals surface area contributed by atoms with Gasteiger partial charge >= 0.3 is 0 Å². The van der Waals surface area contributed by atoms with Crippen LogP contribution in [0.1, 0.15) is 15.9 Å². The molecular formula is C23H19ClN4O2. The maximum atomic E-state index is 13.1. The molecule has 150 valence electrons. The molecule has 2 amide bonds. The van der Waals surface area contributed by atoms with E-state index in [1.807, 2.05) is 54.6 Å². The normalized spacial score (nSPS) is 11.8. The molecule has 1 heterocycles. The van der Waals surface area contributed by atoms with E-state index < -0.39 is 6.04 Å². The standard InChI is InChI=1S/C23H19ClN4O2/c24-18-12-10-17(11-13-18)22(29)26-20(14-16-6-2-1-3-7-16)23(30)27-28-15-25-19-8-4-5-9-21(19)28/h1-13,15,20H,14H2,(H,26,29)(H,27,30). The van der Waals surface area contributed by atoms with Crippen LogP contribution in [0.4, 0.5) is 0 Å². The van der Waals surface area contributed by atoms with Crippen LogP contribution in [0.2, 0.25) is 5.02 Å². The van der Waals surface area contributed by atoms with Crippen molar-refractivity contribution in [2.75, 3.05) is 5.43 Å². The smallest absolute Gasteiger partial charge is 0.261 e. The van der Waals surface area contributed by atoms with Crippen LogP contribution in [0.25, 0.3) is 11.0 Å². The summed E-state index contributed by atoms with van der Waals surface area (Å²) in [6, 6.07) is 22.8. The van der Waals surface area contributed by atoms with E-state index >= 15 is 0 Å². The Labute approximate surface area is 178 Å². The number of para-hydroxylation sites is 2. The van der Waals surface area contributed by atoms with Crippen molar-refractivity contribution in [3.8, 4) is 0 Å². The molecule has 7 heteroatoms. The molecule has 1 aromatic heterocycles. The molecular weight excluding hydrogens is 400 g/mol. The van der Waals surface area contributed by atoms with Gasteiger partial charge in [-0.2, -0.15) is 0 Å². The number of imidazole rings is 1. The molecule has 6 nitrogen and oxygen atoms in total. The molecule has 0 aliphatic heterocycles. The molecule has 0 saturated carbocycles. The number of hydrogen-bond acceptors (Lipinski definition) is 3. The highest BCUT2D eigenvalue weighted by Gasteiger charge is 2.23. The van der Waals surface area contributed by atoms with Gasteiger partial charge in [-0.15, -0.1) is 0 Å². The summed E-state index contributed by atoms with van der Waals surface area (Å²) in [6.07, 6.45) is 1.89. The monoisotopic (exact) mass is 418 g/mol. The molecule has 0 aliphatic rings. The van der Waals surface area contributed by atoms with Crippen LogP contribution in [0.15, 0.2) is 85.2 Å². The zero-order valence-electron chi connectivity index (χ0n) is 16.0.